The van der Waals surface area contributed by atoms with Crippen molar-refractivity contribution in [3.05, 3.63) is 95.6 Å². The van der Waals surface area contributed by atoms with Gasteiger partial charge in [0, 0.05) is 24.0 Å². The predicted molar refractivity (Wildman–Crippen MR) is 110 cm³/mol. The molecule has 1 heterocycles. The maximum atomic E-state index is 13.2. The zero-order valence-corrected chi connectivity index (χ0v) is 17.2. The molecule has 0 saturated heterocycles. The fourth-order valence-electron chi connectivity index (χ4n) is 2.88. The van der Waals surface area contributed by atoms with Crippen molar-refractivity contribution in [2.75, 3.05) is 7.11 Å². The molecule has 0 unspecified atom stereocenters. The number of halogens is 1. The number of methoxy groups -OCH3 is 1. The Labute approximate surface area is 178 Å². The van der Waals surface area contributed by atoms with E-state index in [9.17, 15) is 27.5 Å². The van der Waals surface area contributed by atoms with Crippen molar-refractivity contribution in [2.45, 2.75) is 11.3 Å². The van der Waals surface area contributed by atoms with E-state index in [1.165, 1.54) is 42.6 Å². The van der Waals surface area contributed by atoms with Gasteiger partial charge < -0.3 is 9.84 Å². The van der Waals surface area contributed by atoms with Gasteiger partial charge in [-0.15, -0.1) is 0 Å². The quantitative estimate of drug-likeness (QED) is 0.261. The molecule has 0 radical (unpaired) electrons. The van der Waals surface area contributed by atoms with Gasteiger partial charge in [-0.05, 0) is 41.8 Å². The van der Waals surface area contributed by atoms with Gasteiger partial charge in [0.25, 0.3) is 15.8 Å². The normalized spacial score (nSPS) is 11.9. The van der Waals surface area contributed by atoms with Gasteiger partial charge in [0.1, 0.15) is 11.6 Å². The van der Waals surface area contributed by atoms with E-state index in [1.807, 2.05) is 0 Å². The van der Waals surface area contributed by atoms with Crippen molar-refractivity contribution in [1.29, 1.82) is 0 Å². The second-order valence-corrected chi connectivity index (χ2v) is 8.38. The first kappa shape index (κ1) is 22.0. The number of nitrogens with zero attached hydrogens (tertiary/aromatic N) is 1. The summed E-state index contributed by atoms with van der Waals surface area (Å²) < 4.78 is 44.4. The summed E-state index contributed by atoms with van der Waals surface area (Å²) in [6.07, 6.45) is 3.25. The van der Waals surface area contributed by atoms with Gasteiger partial charge in [-0.25, -0.2) is 21.6 Å². The molecular weight excluding hydrogens is 425 g/mol. The lowest BCUT2D eigenvalue weighted by Crippen LogP contribution is -2.13. The number of ether oxygens (including phenoxy) is 1. The van der Waals surface area contributed by atoms with Gasteiger partial charge in [0.05, 0.1) is 12.0 Å². The lowest BCUT2D eigenvalue weighted by atomic mass is 10.0. The summed E-state index contributed by atoms with van der Waals surface area (Å²) in [5, 5.41) is 10.5. The van der Waals surface area contributed by atoms with E-state index < -0.39 is 33.4 Å². The minimum atomic E-state index is -3.98. The van der Waals surface area contributed by atoms with Gasteiger partial charge >= 0.3 is 5.97 Å². The topological polar surface area (TPSA) is 103 Å². The Balaban J connectivity index is 2.09. The third-order valence-electron chi connectivity index (χ3n) is 4.44. The Morgan fingerprint density at radius 1 is 1.06 bits per heavy atom. The minimum Gasteiger partial charge on any atom is -0.507 e. The van der Waals surface area contributed by atoms with E-state index in [1.54, 1.807) is 18.2 Å². The first-order valence-electron chi connectivity index (χ1n) is 9.01. The summed E-state index contributed by atoms with van der Waals surface area (Å²) >= 11 is 0. The van der Waals surface area contributed by atoms with Crippen molar-refractivity contribution in [3.63, 3.8) is 0 Å². The molecular formula is C22H18FNO6S. The van der Waals surface area contributed by atoms with Gasteiger partial charge in [-0.3, -0.25) is 4.79 Å². The zero-order valence-electron chi connectivity index (χ0n) is 16.4. The van der Waals surface area contributed by atoms with Crippen LogP contribution in [0.3, 0.4) is 0 Å². The number of hydrogen-bond donors (Lipinski definition) is 1. The largest absolute Gasteiger partial charge is 0.507 e. The van der Waals surface area contributed by atoms with Crippen molar-refractivity contribution >= 4 is 27.5 Å². The maximum Gasteiger partial charge on any atom is 0.378 e. The molecule has 31 heavy (non-hydrogen) atoms. The van der Waals surface area contributed by atoms with Gasteiger partial charge in [0.2, 0.25) is 0 Å². The van der Waals surface area contributed by atoms with E-state index in [-0.39, 0.29) is 16.9 Å². The van der Waals surface area contributed by atoms with Crippen LogP contribution in [-0.4, -0.2) is 36.4 Å². The average Bonchev–Trinajstić information content (AvgIpc) is 3.20. The number of carbonyl (C=O) groups is 2. The highest BCUT2D eigenvalue weighted by Gasteiger charge is 2.22. The summed E-state index contributed by atoms with van der Waals surface area (Å²) in [6.45, 7) is 0. The first-order valence-corrected chi connectivity index (χ1v) is 10.5. The Morgan fingerprint density at radius 2 is 1.71 bits per heavy atom. The fourth-order valence-corrected chi connectivity index (χ4v) is 4.13. The molecule has 160 valence electrons. The van der Waals surface area contributed by atoms with Crippen LogP contribution in [0.2, 0.25) is 0 Å². The summed E-state index contributed by atoms with van der Waals surface area (Å²) in [5.74, 6) is -3.32. The fraction of sp³-hybridized carbons (Fsp3) is 0.0909. The number of hydrogen-bond acceptors (Lipinski definition) is 6. The van der Waals surface area contributed by atoms with Crippen LogP contribution in [0.1, 0.15) is 16.7 Å². The van der Waals surface area contributed by atoms with Crippen LogP contribution in [0.25, 0.3) is 5.76 Å². The number of esters is 1. The first-order chi connectivity index (χ1) is 14.7. The summed E-state index contributed by atoms with van der Waals surface area (Å²) in [4.78, 5) is 23.2. The number of benzene rings is 2. The van der Waals surface area contributed by atoms with Crippen molar-refractivity contribution in [1.82, 2.24) is 3.97 Å². The van der Waals surface area contributed by atoms with Crippen LogP contribution < -0.4 is 0 Å². The molecule has 1 N–H and O–H groups in total. The molecule has 3 rings (SSSR count). The molecule has 3 aromatic rings. The second kappa shape index (κ2) is 8.97. The summed E-state index contributed by atoms with van der Waals surface area (Å²) in [5.41, 5.74) is 1.02. The molecule has 9 heteroatoms. The van der Waals surface area contributed by atoms with Crippen molar-refractivity contribution in [3.8, 4) is 0 Å². The van der Waals surface area contributed by atoms with E-state index in [0.29, 0.717) is 17.2 Å². The van der Waals surface area contributed by atoms with Crippen LogP contribution in [0.15, 0.2) is 78.0 Å². The SMILES string of the molecule is COC(=O)C(=O)/C=C(\O)c1cn(S(=O)(=O)c2ccccc2)cc1Cc1ccc(F)cc1. The average molecular weight is 443 g/mol. The zero-order chi connectivity index (χ0) is 22.6. The predicted octanol–water partition coefficient (Wildman–Crippen LogP) is 3.10. The maximum absolute atomic E-state index is 13.2. The van der Waals surface area contributed by atoms with Gasteiger partial charge in [0.15, 0.2) is 0 Å². The van der Waals surface area contributed by atoms with E-state index in [0.717, 1.165) is 17.3 Å². The van der Waals surface area contributed by atoms with Crippen LogP contribution >= 0.6 is 0 Å². The highest BCUT2D eigenvalue weighted by molar-refractivity contribution is 7.90. The molecule has 0 aliphatic heterocycles. The third kappa shape index (κ3) is 4.89. The molecule has 0 aliphatic carbocycles. The van der Waals surface area contributed by atoms with Crippen molar-refractivity contribution in [2.24, 2.45) is 0 Å². The number of carbonyl (C=O) groups excluding carboxylic acids is 2. The lowest BCUT2D eigenvalue weighted by molar-refractivity contribution is -0.149. The molecule has 0 bridgehead atoms. The Morgan fingerprint density at radius 3 is 2.32 bits per heavy atom. The molecule has 0 amide bonds. The van der Waals surface area contributed by atoms with E-state index in [2.05, 4.69) is 4.74 Å². The van der Waals surface area contributed by atoms with Crippen LogP contribution in [0.4, 0.5) is 4.39 Å². The number of aliphatic hydroxyl groups is 1. The molecule has 0 atom stereocenters. The van der Waals surface area contributed by atoms with Crippen LogP contribution in [0, 0.1) is 5.82 Å². The Hall–Kier alpha value is -3.72. The highest BCUT2D eigenvalue weighted by Crippen LogP contribution is 2.25. The van der Waals surface area contributed by atoms with Crippen LogP contribution in [-0.2, 0) is 30.8 Å². The lowest BCUT2D eigenvalue weighted by Gasteiger charge is -2.05. The van der Waals surface area contributed by atoms with Crippen molar-refractivity contribution < 1.29 is 32.2 Å². The minimum absolute atomic E-state index is 0.0268. The highest BCUT2D eigenvalue weighted by atomic mass is 32.2. The molecule has 2 aromatic carbocycles. The monoisotopic (exact) mass is 443 g/mol. The molecule has 7 nitrogen and oxygen atoms in total. The van der Waals surface area contributed by atoms with Gasteiger partial charge in [-0.2, -0.15) is 0 Å². The smallest absolute Gasteiger partial charge is 0.378 e. The molecule has 0 saturated carbocycles. The molecule has 1 aromatic heterocycles. The Kier molecular flexibility index (Phi) is 6.36. The summed E-state index contributed by atoms with van der Waals surface area (Å²) in [7, 11) is -2.96. The standard InChI is InChI=1S/C22H18FNO6S/c1-30-22(27)21(26)12-20(25)19-14-24(31(28,29)18-5-3-2-4-6-18)13-16(19)11-15-7-9-17(23)10-8-15/h2-10,12-14,25H,11H2,1H3/b20-12-. The number of aliphatic hydroxyl groups excluding tert-OH is 1. The van der Waals surface area contributed by atoms with E-state index >= 15 is 0 Å². The number of aromatic nitrogens is 1. The van der Waals surface area contributed by atoms with Gasteiger partial charge in [-0.1, -0.05) is 30.3 Å². The number of rotatable bonds is 7. The third-order valence-corrected chi connectivity index (χ3v) is 6.08. The molecule has 0 aliphatic rings. The second-order valence-electron chi connectivity index (χ2n) is 6.53. The van der Waals surface area contributed by atoms with E-state index in [4.69, 9.17) is 0 Å². The number of ketones is 1. The van der Waals surface area contributed by atoms with Crippen LogP contribution in [0.5, 0.6) is 0 Å². The molecule has 0 spiro atoms. The summed E-state index contributed by atoms with van der Waals surface area (Å²) in [6, 6.07) is 13.2. The molecule has 0 fully saturated rings. The Bertz CT molecular complexity index is 1240.